The second-order valence-electron chi connectivity index (χ2n) is 10.8. The first-order valence-electron chi connectivity index (χ1n) is 15.0. The maximum Gasteiger partial charge on any atom is 0.162 e. The number of unbranched alkanes of at least 4 members (excludes halogenated alkanes) is 4. The van der Waals surface area contributed by atoms with Crippen LogP contribution in [0.4, 0.5) is 8.78 Å². The zero-order valence-corrected chi connectivity index (χ0v) is 26.8. The third kappa shape index (κ3) is 11.2. The summed E-state index contributed by atoms with van der Waals surface area (Å²) < 4.78 is 26.9. The number of carbonyl (C=O) groups excluding carboxylic acids is 2. The molecule has 0 aliphatic carbocycles. The van der Waals surface area contributed by atoms with Gasteiger partial charge in [0.05, 0.1) is 0 Å². The van der Waals surface area contributed by atoms with Gasteiger partial charge in [0.2, 0.25) is 0 Å². The fraction of sp³-hybridized carbons (Fsp3) is 0.297. The summed E-state index contributed by atoms with van der Waals surface area (Å²) in [5.41, 5.74) is 4.91. The molecule has 4 aromatic rings. The van der Waals surface area contributed by atoms with E-state index in [0.717, 1.165) is 54.9 Å². The number of ketones is 2. The Morgan fingerprint density at radius 1 is 0.622 bits per heavy atom. The average Bonchev–Trinajstić information content (AvgIpc) is 3.02. The molecule has 4 aromatic carbocycles. The molecular formula is C37H38Cl2F2O4. The lowest BCUT2D eigenvalue weighted by Gasteiger charge is -2.10. The number of aryl methyl sites for hydroxylation is 1. The topological polar surface area (TPSA) is 74.6 Å². The van der Waals surface area contributed by atoms with Gasteiger partial charge in [-0.15, -0.1) is 0 Å². The minimum atomic E-state index is -0.615. The van der Waals surface area contributed by atoms with E-state index in [4.69, 9.17) is 33.4 Å². The van der Waals surface area contributed by atoms with E-state index in [1.807, 2.05) is 30.3 Å². The summed E-state index contributed by atoms with van der Waals surface area (Å²) in [5, 5.41) is 18.6. The molecule has 0 atom stereocenters. The normalized spacial score (nSPS) is 10.7. The molecule has 0 unspecified atom stereocenters. The van der Waals surface area contributed by atoms with Gasteiger partial charge in [0.1, 0.15) is 11.6 Å². The second-order valence-corrected chi connectivity index (χ2v) is 11.6. The van der Waals surface area contributed by atoms with Crippen LogP contribution in [0.15, 0.2) is 78.9 Å². The molecule has 0 amide bonds. The van der Waals surface area contributed by atoms with Crippen molar-refractivity contribution in [3.05, 3.63) is 117 Å². The molecule has 2 N–H and O–H groups in total. The van der Waals surface area contributed by atoms with Gasteiger partial charge in [-0.3, -0.25) is 9.59 Å². The Balaban J connectivity index is 0.000000246. The third-order valence-corrected chi connectivity index (χ3v) is 7.89. The molecule has 0 bridgehead atoms. The van der Waals surface area contributed by atoms with Crippen LogP contribution in [-0.2, 0) is 0 Å². The van der Waals surface area contributed by atoms with Crippen LogP contribution in [0.25, 0.3) is 22.3 Å². The Hall–Kier alpha value is -3.42. The monoisotopic (exact) mass is 654 g/mol. The first-order valence-corrected chi connectivity index (χ1v) is 15.8. The summed E-state index contributed by atoms with van der Waals surface area (Å²) in [6.45, 7) is 2.14. The van der Waals surface area contributed by atoms with Gasteiger partial charge in [-0.2, -0.15) is 0 Å². The molecule has 0 spiro atoms. The Labute approximate surface area is 273 Å². The minimum Gasteiger partial charge on any atom is -0.396 e. The molecular weight excluding hydrogens is 617 g/mol. The van der Waals surface area contributed by atoms with E-state index in [9.17, 15) is 18.4 Å². The zero-order valence-electron chi connectivity index (χ0n) is 25.3. The van der Waals surface area contributed by atoms with Crippen molar-refractivity contribution in [2.45, 2.75) is 58.3 Å². The van der Waals surface area contributed by atoms with Gasteiger partial charge < -0.3 is 10.2 Å². The van der Waals surface area contributed by atoms with Crippen LogP contribution in [0.5, 0.6) is 0 Å². The van der Waals surface area contributed by atoms with E-state index in [2.05, 4.69) is 0 Å². The lowest BCUT2D eigenvalue weighted by Crippen LogP contribution is -2.00. The highest BCUT2D eigenvalue weighted by molar-refractivity contribution is 6.36. The van der Waals surface area contributed by atoms with E-state index >= 15 is 0 Å². The zero-order chi connectivity index (χ0) is 32.8. The molecule has 0 fully saturated rings. The summed E-state index contributed by atoms with van der Waals surface area (Å²) in [7, 11) is 0. The number of hydrogen-bond acceptors (Lipinski definition) is 4. The van der Waals surface area contributed by atoms with E-state index in [0.29, 0.717) is 51.6 Å². The molecule has 238 valence electrons. The molecule has 0 heterocycles. The number of aliphatic hydroxyl groups excluding tert-OH is 2. The van der Waals surface area contributed by atoms with Crippen LogP contribution in [0.3, 0.4) is 0 Å². The Kier molecular flexibility index (Phi) is 14.8. The van der Waals surface area contributed by atoms with Crippen LogP contribution < -0.4 is 0 Å². The first-order chi connectivity index (χ1) is 21.6. The highest BCUT2D eigenvalue weighted by Gasteiger charge is 2.12. The smallest absolute Gasteiger partial charge is 0.162 e. The second kappa shape index (κ2) is 18.5. The Morgan fingerprint density at radius 2 is 1.18 bits per heavy atom. The van der Waals surface area contributed by atoms with E-state index in [-0.39, 0.29) is 24.8 Å². The molecule has 0 aliphatic rings. The highest BCUT2D eigenvalue weighted by atomic mass is 35.5. The minimum absolute atomic E-state index is 0.0390. The van der Waals surface area contributed by atoms with Crippen molar-refractivity contribution in [3.63, 3.8) is 0 Å². The summed E-state index contributed by atoms with van der Waals surface area (Å²) >= 11 is 12.1. The fourth-order valence-electron chi connectivity index (χ4n) is 4.84. The van der Waals surface area contributed by atoms with Crippen LogP contribution in [-0.4, -0.2) is 35.0 Å². The van der Waals surface area contributed by atoms with Crippen molar-refractivity contribution in [2.24, 2.45) is 0 Å². The first kappa shape index (κ1) is 36.1. The number of hydrogen-bond donors (Lipinski definition) is 2. The quantitative estimate of drug-likeness (QED) is 0.105. The maximum absolute atomic E-state index is 13.9. The van der Waals surface area contributed by atoms with Crippen LogP contribution in [0, 0.1) is 18.6 Å². The van der Waals surface area contributed by atoms with Crippen molar-refractivity contribution in [1.82, 2.24) is 0 Å². The highest BCUT2D eigenvalue weighted by Crippen LogP contribution is 2.31. The van der Waals surface area contributed by atoms with Gasteiger partial charge in [-0.25, -0.2) is 8.78 Å². The number of aliphatic hydroxyl groups is 2. The SMILES string of the molecule is Cc1cc(C(=O)CCCCCO)ccc1-c1ccc(F)cc1F.O=C(CCCCCO)c1ccc(-c2ccc(Cl)cc2Cl)cc1. The van der Waals surface area contributed by atoms with Gasteiger partial charge in [0.25, 0.3) is 0 Å². The van der Waals surface area contributed by atoms with Crippen molar-refractivity contribution >= 4 is 34.8 Å². The molecule has 4 nitrogen and oxygen atoms in total. The molecule has 0 aromatic heterocycles. The third-order valence-electron chi connectivity index (χ3n) is 7.34. The number of Topliss-reactive ketones (excluding diaryl/α,β-unsaturated/α-hetero) is 2. The molecule has 45 heavy (non-hydrogen) atoms. The summed E-state index contributed by atoms with van der Waals surface area (Å²) in [4.78, 5) is 24.2. The number of rotatable bonds is 14. The van der Waals surface area contributed by atoms with E-state index in [1.54, 1.807) is 37.3 Å². The molecule has 0 saturated heterocycles. The van der Waals surface area contributed by atoms with E-state index in [1.165, 1.54) is 12.1 Å². The maximum atomic E-state index is 13.9. The Bertz CT molecular complexity index is 1570. The van der Waals surface area contributed by atoms with Crippen LogP contribution in [0.1, 0.15) is 77.6 Å². The molecule has 0 saturated carbocycles. The van der Waals surface area contributed by atoms with Crippen molar-refractivity contribution < 1.29 is 28.6 Å². The summed E-state index contributed by atoms with van der Waals surface area (Å²) in [6.07, 6.45) is 5.65. The number of carbonyl (C=O) groups is 2. The standard InChI is InChI=1S/C19H20F2O2.C18H18Cl2O2/c1-13-11-14(19(23)5-3-2-4-10-22)6-8-16(13)17-9-7-15(20)12-18(17)21;19-15-9-10-16(17(20)12-15)13-5-7-14(8-6-13)18(22)4-2-1-3-11-21/h6-9,11-12,22H,2-5,10H2,1H3;5-10,12,21H,1-4,11H2. The largest absolute Gasteiger partial charge is 0.396 e. The van der Waals surface area contributed by atoms with Crippen molar-refractivity contribution in [2.75, 3.05) is 13.2 Å². The molecule has 4 rings (SSSR count). The van der Waals surface area contributed by atoms with Gasteiger partial charge in [-0.05, 0) is 79.6 Å². The van der Waals surface area contributed by atoms with Gasteiger partial charge in [0, 0.05) is 64.4 Å². The number of halogens is 4. The lowest BCUT2D eigenvalue weighted by atomic mass is 9.95. The van der Waals surface area contributed by atoms with Gasteiger partial charge in [-0.1, -0.05) is 78.5 Å². The predicted molar refractivity (Wildman–Crippen MR) is 178 cm³/mol. The van der Waals surface area contributed by atoms with Crippen LogP contribution in [0.2, 0.25) is 10.0 Å². The Morgan fingerprint density at radius 3 is 1.73 bits per heavy atom. The average molecular weight is 656 g/mol. The summed E-state index contributed by atoms with van der Waals surface area (Å²) in [5.74, 6) is -1.06. The van der Waals surface area contributed by atoms with Crippen molar-refractivity contribution in [3.8, 4) is 22.3 Å². The predicted octanol–water partition coefficient (Wildman–Crippen LogP) is 10.1. The van der Waals surface area contributed by atoms with Crippen molar-refractivity contribution in [1.29, 1.82) is 0 Å². The molecule has 0 radical (unpaired) electrons. The molecule has 8 heteroatoms. The fourth-order valence-corrected chi connectivity index (χ4v) is 5.36. The van der Waals surface area contributed by atoms with E-state index < -0.39 is 11.6 Å². The number of benzene rings is 4. The molecule has 0 aliphatic heterocycles. The van der Waals surface area contributed by atoms with Crippen LogP contribution >= 0.6 is 23.2 Å². The van der Waals surface area contributed by atoms with Gasteiger partial charge in [0.15, 0.2) is 11.6 Å². The lowest BCUT2D eigenvalue weighted by molar-refractivity contribution is 0.0970. The van der Waals surface area contributed by atoms with Gasteiger partial charge >= 0.3 is 0 Å². The summed E-state index contributed by atoms with van der Waals surface area (Å²) in [6, 6.07) is 21.4.